The zero-order valence-corrected chi connectivity index (χ0v) is 17.6. The molecule has 0 radical (unpaired) electrons. The predicted octanol–water partition coefficient (Wildman–Crippen LogP) is 3.76. The Morgan fingerprint density at radius 3 is 2.30 bits per heavy atom. The van der Waals surface area contributed by atoms with Gasteiger partial charge in [0.1, 0.15) is 19.5 Å². The van der Waals surface area contributed by atoms with Gasteiger partial charge in [0.25, 0.3) is 0 Å². The van der Waals surface area contributed by atoms with Crippen molar-refractivity contribution in [1.29, 1.82) is 0 Å². The number of aromatic nitrogens is 2. The van der Waals surface area contributed by atoms with E-state index < -0.39 is 0 Å². The van der Waals surface area contributed by atoms with Crippen LogP contribution in [0.4, 0.5) is 0 Å². The van der Waals surface area contributed by atoms with Gasteiger partial charge in [-0.1, -0.05) is 18.2 Å². The van der Waals surface area contributed by atoms with E-state index in [1.165, 1.54) is 36.0 Å². The molecule has 6 nitrogen and oxygen atoms in total. The predicted molar refractivity (Wildman–Crippen MR) is 116 cm³/mol. The molecule has 4 rings (SSSR count). The van der Waals surface area contributed by atoms with Crippen molar-refractivity contribution in [1.82, 2.24) is 9.97 Å². The van der Waals surface area contributed by atoms with Gasteiger partial charge >= 0.3 is 0 Å². The minimum absolute atomic E-state index is 0.440. The monoisotopic (exact) mass is 408 g/mol. The zero-order valence-electron chi connectivity index (χ0n) is 17.6. The van der Waals surface area contributed by atoms with Crippen LogP contribution in [0.5, 0.6) is 11.5 Å². The van der Waals surface area contributed by atoms with Crippen LogP contribution in [0.3, 0.4) is 0 Å². The Morgan fingerprint density at radius 2 is 1.53 bits per heavy atom. The molecular formula is C24H28N2O4. The number of aryl methyl sites for hydroxylation is 2. The average Bonchev–Trinajstić information content (AvgIpc) is 3.22. The minimum Gasteiger partial charge on any atom is -0.487 e. The highest BCUT2D eigenvalue weighted by atomic mass is 16.5. The van der Waals surface area contributed by atoms with E-state index in [0.717, 1.165) is 23.0 Å². The number of hydrogen-bond acceptors (Lipinski definition) is 6. The third kappa shape index (κ3) is 4.71. The van der Waals surface area contributed by atoms with Gasteiger partial charge in [0.05, 0.1) is 24.4 Å². The maximum absolute atomic E-state index is 5.94. The summed E-state index contributed by atoms with van der Waals surface area (Å²) in [6, 6.07) is 10.7. The Morgan fingerprint density at radius 1 is 0.800 bits per heavy atom. The highest BCUT2D eigenvalue weighted by Crippen LogP contribution is 2.34. The molecule has 0 fully saturated rings. The van der Waals surface area contributed by atoms with E-state index in [9.17, 15) is 0 Å². The van der Waals surface area contributed by atoms with Crippen LogP contribution in [0.25, 0.3) is 10.9 Å². The van der Waals surface area contributed by atoms with Crippen LogP contribution in [-0.4, -0.2) is 50.6 Å². The van der Waals surface area contributed by atoms with Crippen LogP contribution >= 0.6 is 0 Å². The van der Waals surface area contributed by atoms with Gasteiger partial charge in [-0.2, -0.15) is 0 Å². The Kier molecular flexibility index (Phi) is 6.77. The minimum atomic E-state index is 0.440. The lowest BCUT2D eigenvalue weighted by atomic mass is 10.0. The topological polar surface area (TPSA) is 62.7 Å². The molecule has 1 aromatic heterocycles. The summed E-state index contributed by atoms with van der Waals surface area (Å²) < 4.78 is 22.0. The Balaban J connectivity index is 1.65. The van der Waals surface area contributed by atoms with E-state index in [4.69, 9.17) is 18.9 Å². The second-order valence-corrected chi connectivity index (χ2v) is 7.45. The molecule has 0 bridgehead atoms. The molecule has 0 spiro atoms. The van der Waals surface area contributed by atoms with Crippen molar-refractivity contribution >= 4 is 10.9 Å². The molecule has 6 heteroatoms. The van der Waals surface area contributed by atoms with Crippen LogP contribution < -0.4 is 9.47 Å². The standard InChI is InChI=1S/C24H28N2O4/c1-27-8-10-29-23-14-20-21(13-17-6-7-18-4-3-5-19(18)12-17)25-16-26-22(20)15-24(23)30-11-9-28-2/h6-7,12,14-16H,3-5,8-11,13H2,1-2H3. The van der Waals surface area contributed by atoms with Gasteiger partial charge in [-0.25, -0.2) is 9.97 Å². The number of rotatable bonds is 10. The number of hydrogen-bond donors (Lipinski definition) is 0. The fourth-order valence-corrected chi connectivity index (χ4v) is 3.88. The molecule has 2 aromatic carbocycles. The SMILES string of the molecule is COCCOc1cc2ncnc(Cc3ccc4c(c3)CCC4)c2cc1OCCOC. The lowest BCUT2D eigenvalue weighted by Crippen LogP contribution is -2.09. The Labute approximate surface area is 177 Å². The summed E-state index contributed by atoms with van der Waals surface area (Å²) >= 11 is 0. The molecule has 0 aliphatic heterocycles. The summed E-state index contributed by atoms with van der Waals surface area (Å²) in [5.41, 5.74) is 6.06. The highest BCUT2D eigenvalue weighted by molar-refractivity contribution is 5.84. The van der Waals surface area contributed by atoms with E-state index in [0.29, 0.717) is 37.9 Å². The Hall–Kier alpha value is -2.70. The van der Waals surface area contributed by atoms with Gasteiger partial charge in [0.15, 0.2) is 11.5 Å². The first kappa shape index (κ1) is 20.6. The lowest BCUT2D eigenvalue weighted by Gasteiger charge is -2.15. The molecule has 158 valence electrons. The molecule has 0 saturated carbocycles. The van der Waals surface area contributed by atoms with E-state index >= 15 is 0 Å². The van der Waals surface area contributed by atoms with Gasteiger partial charge in [-0.3, -0.25) is 0 Å². The molecular weight excluding hydrogens is 380 g/mol. The molecule has 1 heterocycles. The second-order valence-electron chi connectivity index (χ2n) is 7.45. The molecule has 1 aliphatic rings. The van der Waals surface area contributed by atoms with E-state index in [2.05, 4.69) is 28.2 Å². The third-order valence-electron chi connectivity index (χ3n) is 5.41. The summed E-state index contributed by atoms with van der Waals surface area (Å²) in [6.45, 7) is 1.89. The smallest absolute Gasteiger partial charge is 0.163 e. The number of nitrogens with zero attached hydrogens (tertiary/aromatic N) is 2. The zero-order chi connectivity index (χ0) is 20.8. The largest absolute Gasteiger partial charge is 0.487 e. The third-order valence-corrected chi connectivity index (χ3v) is 5.41. The maximum atomic E-state index is 5.94. The fraction of sp³-hybridized carbons (Fsp3) is 0.417. The number of benzene rings is 2. The van der Waals surface area contributed by atoms with Crippen LogP contribution in [0.1, 0.15) is 28.8 Å². The normalized spacial score (nSPS) is 12.9. The van der Waals surface area contributed by atoms with Crippen LogP contribution in [-0.2, 0) is 28.7 Å². The summed E-state index contributed by atoms with van der Waals surface area (Å²) in [7, 11) is 3.31. The first-order valence-electron chi connectivity index (χ1n) is 10.4. The average molecular weight is 408 g/mol. The first-order valence-corrected chi connectivity index (χ1v) is 10.4. The molecule has 0 amide bonds. The second kappa shape index (κ2) is 9.87. The Bertz CT molecular complexity index is 1010. The summed E-state index contributed by atoms with van der Waals surface area (Å²) in [6.07, 6.45) is 6.00. The molecule has 30 heavy (non-hydrogen) atoms. The van der Waals surface area contributed by atoms with Gasteiger partial charge in [0.2, 0.25) is 0 Å². The first-order chi connectivity index (χ1) is 14.8. The molecule has 0 atom stereocenters. The summed E-state index contributed by atoms with van der Waals surface area (Å²) in [5.74, 6) is 1.32. The number of ether oxygens (including phenoxy) is 4. The van der Waals surface area contributed by atoms with E-state index in [1.54, 1.807) is 20.5 Å². The molecule has 0 unspecified atom stereocenters. The van der Waals surface area contributed by atoms with Crippen LogP contribution in [0.2, 0.25) is 0 Å². The maximum Gasteiger partial charge on any atom is 0.163 e. The molecule has 0 saturated heterocycles. The number of methoxy groups -OCH3 is 2. The summed E-state index contributed by atoms with van der Waals surface area (Å²) in [4.78, 5) is 9.05. The summed E-state index contributed by atoms with van der Waals surface area (Å²) in [5, 5.41) is 0.976. The lowest BCUT2D eigenvalue weighted by molar-refractivity contribution is 0.132. The van der Waals surface area contributed by atoms with Crippen molar-refractivity contribution in [3.63, 3.8) is 0 Å². The van der Waals surface area contributed by atoms with Crippen molar-refractivity contribution in [3.8, 4) is 11.5 Å². The van der Waals surface area contributed by atoms with Gasteiger partial charge < -0.3 is 18.9 Å². The van der Waals surface area contributed by atoms with E-state index in [-0.39, 0.29) is 0 Å². The highest BCUT2D eigenvalue weighted by Gasteiger charge is 2.15. The van der Waals surface area contributed by atoms with Crippen molar-refractivity contribution in [2.24, 2.45) is 0 Å². The quantitative estimate of drug-likeness (QED) is 0.476. The number of fused-ring (bicyclic) bond motifs is 2. The van der Waals surface area contributed by atoms with Gasteiger partial charge in [-0.05, 0) is 42.0 Å². The molecule has 0 N–H and O–H groups in total. The van der Waals surface area contributed by atoms with Crippen molar-refractivity contribution < 1.29 is 18.9 Å². The van der Waals surface area contributed by atoms with Crippen molar-refractivity contribution in [2.75, 3.05) is 40.6 Å². The van der Waals surface area contributed by atoms with Gasteiger partial charge in [-0.15, -0.1) is 0 Å². The van der Waals surface area contributed by atoms with Gasteiger partial charge in [0, 0.05) is 32.1 Å². The molecule has 3 aromatic rings. The molecule has 1 aliphatic carbocycles. The van der Waals surface area contributed by atoms with Crippen molar-refractivity contribution in [2.45, 2.75) is 25.7 Å². The van der Waals surface area contributed by atoms with Crippen molar-refractivity contribution in [3.05, 3.63) is 59.0 Å². The van der Waals surface area contributed by atoms with Crippen LogP contribution in [0, 0.1) is 0 Å². The van der Waals surface area contributed by atoms with E-state index in [1.807, 2.05) is 12.1 Å². The van der Waals surface area contributed by atoms with Crippen LogP contribution in [0.15, 0.2) is 36.7 Å². The fourth-order valence-electron chi connectivity index (χ4n) is 3.88.